The van der Waals surface area contributed by atoms with Gasteiger partial charge in [-0.2, -0.15) is 0 Å². The van der Waals surface area contributed by atoms with Crippen LogP contribution in [-0.2, 0) is 6.54 Å². The molecule has 1 amide bonds. The summed E-state index contributed by atoms with van der Waals surface area (Å²) < 4.78 is 2.01. The number of nitrogens with zero attached hydrogens (tertiary/aromatic N) is 5. The highest BCUT2D eigenvalue weighted by atomic mass is 16.3. The molecule has 0 radical (unpaired) electrons. The maximum absolute atomic E-state index is 12.6. The number of aromatic nitrogens is 4. The number of amides is 1. The number of anilines is 1. The van der Waals surface area contributed by atoms with E-state index in [0.717, 1.165) is 44.7 Å². The molecule has 2 N–H and O–H groups in total. The third-order valence-electron chi connectivity index (χ3n) is 5.29. The lowest BCUT2D eigenvalue weighted by molar-refractivity contribution is 0.0868. The van der Waals surface area contributed by atoms with Gasteiger partial charge in [0.15, 0.2) is 0 Å². The fourth-order valence-electron chi connectivity index (χ4n) is 3.95. The quantitative estimate of drug-likeness (QED) is 0.824. The molecule has 2 fully saturated rings. The summed E-state index contributed by atoms with van der Waals surface area (Å²) in [4.78, 5) is 27.2. The van der Waals surface area contributed by atoms with E-state index in [1.807, 2.05) is 10.8 Å². The van der Waals surface area contributed by atoms with Crippen molar-refractivity contribution in [2.75, 3.05) is 18.0 Å². The maximum Gasteiger partial charge on any atom is 0.270 e. The first-order chi connectivity index (χ1) is 12.7. The van der Waals surface area contributed by atoms with Crippen LogP contribution < -0.4 is 10.2 Å². The van der Waals surface area contributed by atoms with E-state index < -0.39 is 6.10 Å². The SMILES string of the molecule is O=C(N[C@@H]1CC(Cn2ccnc2)C[C@H]1O)c1cc(N2CCCC2)ncn1. The third-order valence-corrected chi connectivity index (χ3v) is 5.29. The molecule has 2 aromatic rings. The van der Waals surface area contributed by atoms with Crippen LogP contribution in [0.2, 0.25) is 0 Å². The molecule has 1 aliphatic carbocycles. The molecule has 1 saturated carbocycles. The summed E-state index contributed by atoms with van der Waals surface area (Å²) in [7, 11) is 0. The molecule has 1 aliphatic heterocycles. The van der Waals surface area contributed by atoms with Gasteiger partial charge in [0.2, 0.25) is 0 Å². The van der Waals surface area contributed by atoms with Crippen molar-refractivity contribution in [3.63, 3.8) is 0 Å². The highest BCUT2D eigenvalue weighted by molar-refractivity contribution is 5.93. The van der Waals surface area contributed by atoms with Crippen LogP contribution in [0.5, 0.6) is 0 Å². The van der Waals surface area contributed by atoms with Gasteiger partial charge >= 0.3 is 0 Å². The van der Waals surface area contributed by atoms with Gasteiger partial charge in [0.05, 0.1) is 18.5 Å². The number of aliphatic hydroxyl groups excluding tert-OH is 1. The average Bonchev–Trinajstić information content (AvgIpc) is 3.39. The Morgan fingerprint density at radius 2 is 2.12 bits per heavy atom. The molecule has 3 heterocycles. The van der Waals surface area contributed by atoms with Crippen LogP contribution in [0.25, 0.3) is 0 Å². The Labute approximate surface area is 152 Å². The molecule has 8 nitrogen and oxygen atoms in total. The van der Waals surface area contributed by atoms with Crippen LogP contribution >= 0.6 is 0 Å². The van der Waals surface area contributed by atoms with Crippen molar-refractivity contribution in [1.82, 2.24) is 24.8 Å². The van der Waals surface area contributed by atoms with Gasteiger partial charge < -0.3 is 19.9 Å². The van der Waals surface area contributed by atoms with E-state index in [-0.39, 0.29) is 11.9 Å². The zero-order valence-corrected chi connectivity index (χ0v) is 14.7. The van der Waals surface area contributed by atoms with Crippen molar-refractivity contribution < 1.29 is 9.90 Å². The van der Waals surface area contributed by atoms with E-state index >= 15 is 0 Å². The van der Waals surface area contributed by atoms with Crippen LogP contribution in [0.1, 0.15) is 36.2 Å². The largest absolute Gasteiger partial charge is 0.391 e. The predicted octanol–water partition coefficient (Wildman–Crippen LogP) is 0.843. The van der Waals surface area contributed by atoms with Crippen LogP contribution in [0.4, 0.5) is 5.82 Å². The number of nitrogens with one attached hydrogen (secondary N) is 1. The number of imidazole rings is 1. The predicted molar refractivity (Wildman–Crippen MR) is 95.7 cm³/mol. The lowest BCUT2D eigenvalue weighted by Crippen LogP contribution is -2.40. The monoisotopic (exact) mass is 356 g/mol. The summed E-state index contributed by atoms with van der Waals surface area (Å²) >= 11 is 0. The zero-order valence-electron chi connectivity index (χ0n) is 14.7. The fraction of sp³-hybridized carbons (Fsp3) is 0.556. The number of hydrogen-bond donors (Lipinski definition) is 2. The Bertz CT molecular complexity index is 744. The molecule has 3 atom stereocenters. The smallest absolute Gasteiger partial charge is 0.270 e. The first-order valence-corrected chi connectivity index (χ1v) is 9.20. The molecule has 0 aromatic carbocycles. The molecular formula is C18H24N6O2. The van der Waals surface area contributed by atoms with Crippen molar-refractivity contribution in [1.29, 1.82) is 0 Å². The molecule has 0 bridgehead atoms. The van der Waals surface area contributed by atoms with Crippen molar-refractivity contribution in [2.45, 2.75) is 44.4 Å². The fourth-order valence-corrected chi connectivity index (χ4v) is 3.95. The van der Waals surface area contributed by atoms with Crippen molar-refractivity contribution >= 4 is 11.7 Å². The van der Waals surface area contributed by atoms with E-state index in [1.54, 1.807) is 18.6 Å². The van der Waals surface area contributed by atoms with Gasteiger partial charge in [0, 0.05) is 38.1 Å². The first kappa shape index (κ1) is 17.0. The summed E-state index contributed by atoms with van der Waals surface area (Å²) in [6.07, 6.45) is 10.1. The number of carbonyl (C=O) groups is 1. The normalized spacial score (nSPS) is 25.6. The molecule has 2 aliphatic rings. The number of aliphatic hydroxyl groups is 1. The lowest BCUT2D eigenvalue weighted by atomic mass is 10.1. The second kappa shape index (κ2) is 7.41. The lowest BCUT2D eigenvalue weighted by Gasteiger charge is -2.18. The van der Waals surface area contributed by atoms with Crippen molar-refractivity contribution in [3.8, 4) is 0 Å². The molecular weight excluding hydrogens is 332 g/mol. The molecule has 138 valence electrons. The molecule has 4 rings (SSSR count). The van der Waals surface area contributed by atoms with Gasteiger partial charge in [-0.25, -0.2) is 15.0 Å². The van der Waals surface area contributed by atoms with Gasteiger partial charge in [-0.15, -0.1) is 0 Å². The molecule has 26 heavy (non-hydrogen) atoms. The van der Waals surface area contributed by atoms with Gasteiger partial charge in [-0.05, 0) is 31.6 Å². The minimum atomic E-state index is -0.535. The zero-order chi connectivity index (χ0) is 17.9. The van der Waals surface area contributed by atoms with Gasteiger partial charge in [-0.1, -0.05) is 0 Å². The Morgan fingerprint density at radius 1 is 1.27 bits per heavy atom. The van der Waals surface area contributed by atoms with Crippen LogP contribution in [-0.4, -0.2) is 55.8 Å². The minimum absolute atomic E-state index is 0.249. The minimum Gasteiger partial charge on any atom is -0.391 e. The number of carbonyl (C=O) groups excluding carboxylic acids is 1. The number of rotatable bonds is 5. The summed E-state index contributed by atoms with van der Waals surface area (Å²) in [5.74, 6) is 0.864. The second-order valence-corrected chi connectivity index (χ2v) is 7.20. The van der Waals surface area contributed by atoms with Gasteiger partial charge in [0.25, 0.3) is 5.91 Å². The highest BCUT2D eigenvalue weighted by Gasteiger charge is 2.34. The van der Waals surface area contributed by atoms with Crippen LogP contribution in [0.3, 0.4) is 0 Å². The number of hydrogen-bond acceptors (Lipinski definition) is 6. The summed E-state index contributed by atoms with van der Waals surface area (Å²) in [6.45, 7) is 2.74. The summed E-state index contributed by atoms with van der Waals surface area (Å²) in [5.41, 5.74) is 0.354. The van der Waals surface area contributed by atoms with Crippen LogP contribution in [0.15, 0.2) is 31.1 Å². The van der Waals surface area contributed by atoms with E-state index in [2.05, 4.69) is 25.2 Å². The Morgan fingerprint density at radius 3 is 2.88 bits per heavy atom. The van der Waals surface area contributed by atoms with E-state index in [9.17, 15) is 9.90 Å². The third kappa shape index (κ3) is 3.70. The van der Waals surface area contributed by atoms with Crippen molar-refractivity contribution in [3.05, 3.63) is 36.8 Å². The summed E-state index contributed by atoms with van der Waals surface area (Å²) in [5, 5.41) is 13.3. The highest BCUT2D eigenvalue weighted by Crippen LogP contribution is 2.28. The summed E-state index contributed by atoms with van der Waals surface area (Å²) in [6, 6.07) is 1.49. The van der Waals surface area contributed by atoms with E-state index in [0.29, 0.717) is 18.0 Å². The topological polar surface area (TPSA) is 96.2 Å². The van der Waals surface area contributed by atoms with E-state index in [4.69, 9.17) is 0 Å². The van der Waals surface area contributed by atoms with Gasteiger partial charge in [-0.3, -0.25) is 4.79 Å². The van der Waals surface area contributed by atoms with Crippen LogP contribution in [0, 0.1) is 5.92 Å². The Kier molecular flexibility index (Phi) is 4.83. The van der Waals surface area contributed by atoms with Gasteiger partial charge in [0.1, 0.15) is 17.8 Å². The molecule has 2 aromatic heterocycles. The Hall–Kier alpha value is -2.48. The van der Waals surface area contributed by atoms with E-state index in [1.165, 1.54) is 6.33 Å². The average molecular weight is 356 g/mol. The molecule has 1 unspecified atom stereocenters. The first-order valence-electron chi connectivity index (χ1n) is 9.20. The second-order valence-electron chi connectivity index (χ2n) is 7.20. The molecule has 1 saturated heterocycles. The standard InChI is InChI=1S/C18H24N6O2/c25-16-8-13(10-23-6-3-19-12-23)7-14(16)22-18(26)15-9-17(21-11-20-15)24-4-1-2-5-24/h3,6,9,11-14,16,25H,1-2,4-5,7-8,10H2,(H,22,26)/t13?,14-,16-/m1/s1. The molecule has 0 spiro atoms. The maximum atomic E-state index is 12.6. The van der Waals surface area contributed by atoms with Crippen molar-refractivity contribution in [2.24, 2.45) is 5.92 Å². The Balaban J connectivity index is 1.37. The molecule has 8 heteroatoms.